The van der Waals surface area contributed by atoms with Crippen molar-refractivity contribution in [1.29, 1.82) is 0 Å². The van der Waals surface area contributed by atoms with Gasteiger partial charge in [0, 0.05) is 0 Å². The fourth-order valence-corrected chi connectivity index (χ4v) is 2.57. The fraction of sp³-hybridized carbons (Fsp3) is 0.917. The zero-order valence-electron chi connectivity index (χ0n) is 9.64. The van der Waals surface area contributed by atoms with Crippen LogP contribution in [0.2, 0.25) is 0 Å². The lowest BCUT2D eigenvalue weighted by molar-refractivity contribution is -0.156. The number of ether oxygens (including phenoxy) is 1. The molecule has 0 aliphatic heterocycles. The van der Waals surface area contributed by atoms with Crippen LogP contribution in [0.3, 0.4) is 0 Å². The molecule has 82 valence electrons. The minimum Gasteiger partial charge on any atom is -0.469 e. The lowest BCUT2D eigenvalue weighted by Gasteiger charge is -2.36. The topological polar surface area (TPSA) is 26.3 Å². The molecule has 0 aromatic rings. The first-order chi connectivity index (χ1) is 6.65. The summed E-state index contributed by atoms with van der Waals surface area (Å²) < 4.78 is 4.92. The van der Waals surface area contributed by atoms with Gasteiger partial charge in [-0.3, -0.25) is 4.79 Å². The molecule has 1 saturated carbocycles. The predicted octanol–water partition coefficient (Wildman–Crippen LogP) is 3.16. The van der Waals surface area contributed by atoms with E-state index >= 15 is 0 Å². The highest BCUT2D eigenvalue weighted by Crippen LogP contribution is 2.41. The third-order valence-electron chi connectivity index (χ3n) is 3.89. The first-order valence-corrected chi connectivity index (χ1v) is 5.73. The summed E-state index contributed by atoms with van der Waals surface area (Å²) in [6, 6.07) is 0. The van der Waals surface area contributed by atoms with E-state index in [0.29, 0.717) is 5.92 Å². The molecule has 0 spiro atoms. The maximum absolute atomic E-state index is 11.7. The summed E-state index contributed by atoms with van der Waals surface area (Å²) in [6.45, 7) is 4.15. The van der Waals surface area contributed by atoms with E-state index in [1.54, 1.807) is 0 Å². The van der Waals surface area contributed by atoms with Crippen LogP contribution in [-0.4, -0.2) is 13.1 Å². The van der Waals surface area contributed by atoms with Crippen LogP contribution < -0.4 is 0 Å². The van der Waals surface area contributed by atoms with Gasteiger partial charge in [-0.05, 0) is 32.1 Å². The Hall–Kier alpha value is -0.530. The molecule has 1 aliphatic carbocycles. The van der Waals surface area contributed by atoms with Crippen molar-refractivity contribution in [3.63, 3.8) is 0 Å². The Balaban J connectivity index is 2.71. The molecular formula is C12H22O2. The van der Waals surface area contributed by atoms with Crippen molar-refractivity contribution in [3.05, 3.63) is 0 Å². The number of carbonyl (C=O) groups is 1. The quantitative estimate of drug-likeness (QED) is 0.651. The van der Waals surface area contributed by atoms with Crippen molar-refractivity contribution in [2.24, 2.45) is 11.3 Å². The minimum atomic E-state index is -0.241. The van der Waals surface area contributed by atoms with Crippen molar-refractivity contribution in [3.8, 4) is 0 Å². The third-order valence-corrected chi connectivity index (χ3v) is 3.89. The second kappa shape index (κ2) is 4.81. The molecule has 0 heterocycles. The van der Waals surface area contributed by atoms with E-state index in [1.165, 1.54) is 39.2 Å². The molecule has 1 fully saturated rings. The van der Waals surface area contributed by atoms with E-state index in [9.17, 15) is 4.79 Å². The van der Waals surface area contributed by atoms with Crippen LogP contribution >= 0.6 is 0 Å². The maximum Gasteiger partial charge on any atom is 0.311 e. The van der Waals surface area contributed by atoms with Gasteiger partial charge in [0.2, 0.25) is 0 Å². The van der Waals surface area contributed by atoms with Gasteiger partial charge in [-0.2, -0.15) is 0 Å². The van der Waals surface area contributed by atoms with Crippen LogP contribution in [0.5, 0.6) is 0 Å². The average Bonchev–Trinajstić information content (AvgIpc) is 2.28. The van der Waals surface area contributed by atoms with Crippen LogP contribution in [0.25, 0.3) is 0 Å². The highest BCUT2D eigenvalue weighted by atomic mass is 16.5. The van der Waals surface area contributed by atoms with Gasteiger partial charge in [-0.25, -0.2) is 0 Å². The molecule has 0 bridgehead atoms. The Bertz CT molecular complexity index is 194. The first-order valence-electron chi connectivity index (χ1n) is 5.73. The minimum absolute atomic E-state index is 0.0214. The van der Waals surface area contributed by atoms with Gasteiger partial charge in [-0.15, -0.1) is 0 Å². The molecule has 14 heavy (non-hydrogen) atoms. The van der Waals surface area contributed by atoms with E-state index < -0.39 is 0 Å². The van der Waals surface area contributed by atoms with Gasteiger partial charge in [0.15, 0.2) is 0 Å². The highest BCUT2D eigenvalue weighted by molar-refractivity contribution is 5.76. The fourth-order valence-electron chi connectivity index (χ4n) is 2.57. The maximum atomic E-state index is 11.7. The van der Waals surface area contributed by atoms with Crippen LogP contribution in [0.1, 0.15) is 52.4 Å². The molecule has 0 saturated heterocycles. The normalized spacial score (nSPS) is 22.8. The number of hydrogen-bond acceptors (Lipinski definition) is 2. The largest absolute Gasteiger partial charge is 0.469 e. The van der Waals surface area contributed by atoms with E-state index in [1.807, 2.05) is 0 Å². The predicted molar refractivity (Wildman–Crippen MR) is 57.0 cm³/mol. The molecule has 1 aliphatic rings. The molecule has 0 aromatic carbocycles. The van der Waals surface area contributed by atoms with Gasteiger partial charge in [0.1, 0.15) is 0 Å². The van der Waals surface area contributed by atoms with Gasteiger partial charge in [0.25, 0.3) is 0 Å². The Labute approximate surface area is 87.0 Å². The standard InChI is InChI=1S/C12H22O2/c1-4-12(2,11(13)14-3)10-8-6-5-7-9-10/h10H,4-9H2,1-3H3/t12-/m1/s1. The summed E-state index contributed by atoms with van der Waals surface area (Å²) in [5, 5.41) is 0. The molecule has 1 atom stereocenters. The van der Waals surface area contributed by atoms with E-state index in [0.717, 1.165) is 6.42 Å². The van der Waals surface area contributed by atoms with E-state index in [-0.39, 0.29) is 11.4 Å². The number of esters is 1. The second-order valence-electron chi connectivity index (χ2n) is 4.60. The number of hydrogen-bond donors (Lipinski definition) is 0. The van der Waals surface area contributed by atoms with Crippen LogP contribution in [0, 0.1) is 11.3 Å². The van der Waals surface area contributed by atoms with Gasteiger partial charge >= 0.3 is 5.97 Å². The summed E-state index contributed by atoms with van der Waals surface area (Å²) >= 11 is 0. The van der Waals surface area contributed by atoms with Gasteiger partial charge < -0.3 is 4.74 Å². The number of methoxy groups -OCH3 is 1. The molecular weight excluding hydrogens is 176 g/mol. The van der Waals surface area contributed by atoms with Crippen molar-refractivity contribution < 1.29 is 9.53 Å². The molecule has 1 rings (SSSR count). The molecule has 0 aromatic heterocycles. The summed E-state index contributed by atoms with van der Waals surface area (Å²) in [5.74, 6) is 0.514. The Morgan fingerprint density at radius 1 is 1.36 bits per heavy atom. The number of rotatable bonds is 3. The summed E-state index contributed by atoms with van der Waals surface area (Å²) in [5.41, 5.74) is -0.241. The summed E-state index contributed by atoms with van der Waals surface area (Å²) in [6.07, 6.45) is 7.16. The lowest BCUT2D eigenvalue weighted by Crippen LogP contribution is -2.37. The molecule has 0 radical (unpaired) electrons. The smallest absolute Gasteiger partial charge is 0.311 e. The van der Waals surface area contributed by atoms with Crippen LogP contribution in [-0.2, 0) is 9.53 Å². The molecule has 0 unspecified atom stereocenters. The summed E-state index contributed by atoms with van der Waals surface area (Å²) in [4.78, 5) is 11.7. The zero-order valence-corrected chi connectivity index (χ0v) is 9.64. The van der Waals surface area contributed by atoms with Crippen LogP contribution in [0.4, 0.5) is 0 Å². The van der Waals surface area contributed by atoms with Crippen LogP contribution in [0.15, 0.2) is 0 Å². The summed E-state index contributed by atoms with van der Waals surface area (Å²) in [7, 11) is 1.50. The zero-order chi connectivity index (χ0) is 10.6. The van der Waals surface area contributed by atoms with Gasteiger partial charge in [-0.1, -0.05) is 26.2 Å². The SMILES string of the molecule is CC[C@@](C)(C(=O)OC)C1CCCCC1. The van der Waals surface area contributed by atoms with Crippen molar-refractivity contribution in [2.75, 3.05) is 7.11 Å². The third kappa shape index (κ3) is 2.10. The first kappa shape index (κ1) is 11.5. The Kier molecular flexibility index (Phi) is 3.97. The Morgan fingerprint density at radius 3 is 2.36 bits per heavy atom. The Morgan fingerprint density at radius 2 is 1.93 bits per heavy atom. The van der Waals surface area contributed by atoms with E-state index in [2.05, 4.69) is 13.8 Å². The van der Waals surface area contributed by atoms with Crippen molar-refractivity contribution in [1.82, 2.24) is 0 Å². The molecule has 0 amide bonds. The lowest BCUT2D eigenvalue weighted by atomic mass is 9.68. The second-order valence-corrected chi connectivity index (χ2v) is 4.60. The van der Waals surface area contributed by atoms with E-state index in [4.69, 9.17) is 4.74 Å². The monoisotopic (exact) mass is 198 g/mol. The molecule has 2 nitrogen and oxygen atoms in total. The van der Waals surface area contributed by atoms with Gasteiger partial charge in [0.05, 0.1) is 12.5 Å². The molecule has 2 heteroatoms. The molecule has 0 N–H and O–H groups in total. The average molecular weight is 198 g/mol. The number of carbonyl (C=O) groups excluding carboxylic acids is 1. The van der Waals surface area contributed by atoms with Crippen molar-refractivity contribution >= 4 is 5.97 Å². The highest BCUT2D eigenvalue weighted by Gasteiger charge is 2.40. The van der Waals surface area contributed by atoms with Crippen molar-refractivity contribution in [2.45, 2.75) is 52.4 Å².